The van der Waals surface area contributed by atoms with Crippen LogP contribution in [0.1, 0.15) is 0 Å². The number of hydrogen-bond acceptors (Lipinski definition) is 1. The standard InChI is InChI=1S/C13H7Cl2FN2/c14-11-3-1-2-8(12(11)15)10-6-18-13-9(10)4-7(16)5-17-13/h1-6H,(H,17,18). The molecule has 0 saturated carbocycles. The Bertz CT molecular complexity index is 737. The quantitative estimate of drug-likeness (QED) is 0.689. The summed E-state index contributed by atoms with van der Waals surface area (Å²) in [5.41, 5.74) is 2.15. The van der Waals surface area contributed by atoms with E-state index in [4.69, 9.17) is 23.2 Å². The lowest BCUT2D eigenvalue weighted by Gasteiger charge is -2.04. The van der Waals surface area contributed by atoms with Crippen LogP contribution in [-0.4, -0.2) is 9.97 Å². The number of fused-ring (bicyclic) bond motifs is 1. The smallest absolute Gasteiger partial charge is 0.142 e. The number of nitrogens with one attached hydrogen (secondary N) is 1. The third-order valence-electron chi connectivity index (χ3n) is 2.74. The van der Waals surface area contributed by atoms with Crippen LogP contribution >= 0.6 is 23.2 Å². The second-order valence-electron chi connectivity index (χ2n) is 3.85. The van der Waals surface area contributed by atoms with Crippen molar-refractivity contribution in [3.05, 3.63) is 52.5 Å². The SMILES string of the molecule is Fc1cnc2[nH]cc(-c3cccc(Cl)c3Cl)c2c1. The van der Waals surface area contributed by atoms with Crippen molar-refractivity contribution >= 4 is 34.2 Å². The normalized spacial score (nSPS) is 11.1. The summed E-state index contributed by atoms with van der Waals surface area (Å²) in [6.07, 6.45) is 2.91. The fourth-order valence-electron chi connectivity index (χ4n) is 1.91. The fraction of sp³-hybridized carbons (Fsp3) is 0. The Morgan fingerprint density at radius 2 is 2.00 bits per heavy atom. The zero-order valence-corrected chi connectivity index (χ0v) is 10.6. The monoisotopic (exact) mass is 280 g/mol. The van der Waals surface area contributed by atoms with Crippen LogP contribution in [0, 0.1) is 5.82 Å². The van der Waals surface area contributed by atoms with Crippen LogP contribution in [0.3, 0.4) is 0 Å². The van der Waals surface area contributed by atoms with E-state index in [0.29, 0.717) is 21.1 Å². The minimum Gasteiger partial charge on any atom is -0.346 e. The van der Waals surface area contributed by atoms with E-state index in [-0.39, 0.29) is 5.82 Å². The van der Waals surface area contributed by atoms with Crippen molar-refractivity contribution < 1.29 is 4.39 Å². The van der Waals surface area contributed by atoms with Gasteiger partial charge in [-0.2, -0.15) is 0 Å². The topological polar surface area (TPSA) is 28.7 Å². The zero-order chi connectivity index (χ0) is 12.7. The molecule has 1 N–H and O–H groups in total. The summed E-state index contributed by atoms with van der Waals surface area (Å²) in [6, 6.07) is 6.77. The summed E-state index contributed by atoms with van der Waals surface area (Å²) >= 11 is 12.1. The molecule has 2 aromatic heterocycles. The van der Waals surface area contributed by atoms with Crippen molar-refractivity contribution in [2.75, 3.05) is 0 Å². The lowest BCUT2D eigenvalue weighted by atomic mass is 10.1. The van der Waals surface area contributed by atoms with Gasteiger partial charge in [-0.25, -0.2) is 9.37 Å². The van der Waals surface area contributed by atoms with Gasteiger partial charge in [-0.3, -0.25) is 0 Å². The highest BCUT2D eigenvalue weighted by Crippen LogP contribution is 2.36. The molecular formula is C13H7Cl2FN2. The highest BCUT2D eigenvalue weighted by molar-refractivity contribution is 6.43. The largest absolute Gasteiger partial charge is 0.346 e. The summed E-state index contributed by atoms with van der Waals surface area (Å²) in [7, 11) is 0. The van der Waals surface area contributed by atoms with Crippen molar-refractivity contribution in [2.45, 2.75) is 0 Å². The average Bonchev–Trinajstić information content (AvgIpc) is 2.75. The number of aromatic nitrogens is 2. The van der Waals surface area contributed by atoms with Gasteiger partial charge in [0, 0.05) is 22.7 Å². The number of rotatable bonds is 1. The van der Waals surface area contributed by atoms with Crippen molar-refractivity contribution in [1.82, 2.24) is 9.97 Å². The van der Waals surface area contributed by atoms with Gasteiger partial charge in [-0.05, 0) is 12.1 Å². The molecular weight excluding hydrogens is 274 g/mol. The first-order valence-corrected chi connectivity index (χ1v) is 5.99. The Kier molecular flexibility index (Phi) is 2.73. The second kappa shape index (κ2) is 4.26. The Morgan fingerprint density at radius 3 is 2.83 bits per heavy atom. The first-order valence-electron chi connectivity index (χ1n) is 5.24. The van der Waals surface area contributed by atoms with Gasteiger partial charge in [0.05, 0.1) is 16.2 Å². The first-order chi connectivity index (χ1) is 8.66. The number of H-pyrrole nitrogens is 1. The Balaban J connectivity index is 2.32. The van der Waals surface area contributed by atoms with Crippen LogP contribution in [0.15, 0.2) is 36.7 Å². The minimum atomic E-state index is -0.387. The molecule has 0 unspecified atom stereocenters. The molecule has 0 radical (unpaired) electrons. The van der Waals surface area contributed by atoms with Crippen LogP contribution < -0.4 is 0 Å². The van der Waals surface area contributed by atoms with E-state index in [0.717, 1.165) is 11.1 Å². The molecule has 5 heteroatoms. The number of nitrogens with zero attached hydrogens (tertiary/aromatic N) is 1. The average molecular weight is 281 g/mol. The van der Waals surface area contributed by atoms with E-state index in [1.165, 1.54) is 12.3 Å². The summed E-state index contributed by atoms with van der Waals surface area (Å²) in [4.78, 5) is 6.95. The van der Waals surface area contributed by atoms with Crippen molar-refractivity contribution in [3.8, 4) is 11.1 Å². The second-order valence-corrected chi connectivity index (χ2v) is 4.64. The Hall–Kier alpha value is -1.58. The van der Waals surface area contributed by atoms with Crippen LogP contribution in [0.2, 0.25) is 10.0 Å². The molecule has 0 bridgehead atoms. The van der Waals surface area contributed by atoms with Crippen LogP contribution in [0.4, 0.5) is 4.39 Å². The fourth-order valence-corrected chi connectivity index (χ4v) is 2.31. The van der Waals surface area contributed by atoms with Gasteiger partial charge in [0.25, 0.3) is 0 Å². The maximum Gasteiger partial charge on any atom is 0.142 e. The number of aromatic amines is 1. The highest BCUT2D eigenvalue weighted by atomic mass is 35.5. The van der Waals surface area contributed by atoms with Crippen molar-refractivity contribution in [1.29, 1.82) is 0 Å². The molecule has 0 amide bonds. The molecule has 3 rings (SSSR count). The lowest BCUT2D eigenvalue weighted by molar-refractivity contribution is 0.624. The first kappa shape index (κ1) is 11.5. The summed E-state index contributed by atoms with van der Waals surface area (Å²) in [5.74, 6) is -0.387. The number of pyridine rings is 1. The zero-order valence-electron chi connectivity index (χ0n) is 9.05. The molecule has 90 valence electrons. The van der Waals surface area contributed by atoms with E-state index in [9.17, 15) is 4.39 Å². The molecule has 18 heavy (non-hydrogen) atoms. The summed E-state index contributed by atoms with van der Waals surface area (Å²) in [5, 5.41) is 1.59. The molecule has 2 heterocycles. The molecule has 0 fully saturated rings. The molecule has 0 atom stereocenters. The van der Waals surface area contributed by atoms with Crippen molar-refractivity contribution in [3.63, 3.8) is 0 Å². The molecule has 2 nitrogen and oxygen atoms in total. The van der Waals surface area contributed by atoms with Crippen molar-refractivity contribution in [2.24, 2.45) is 0 Å². The summed E-state index contributed by atoms with van der Waals surface area (Å²) < 4.78 is 13.3. The van der Waals surface area contributed by atoms with Crippen LogP contribution in [0.5, 0.6) is 0 Å². The maximum atomic E-state index is 13.3. The third kappa shape index (κ3) is 1.76. The molecule has 0 aliphatic heterocycles. The van der Waals surface area contributed by atoms with E-state index in [1.54, 1.807) is 18.3 Å². The number of halogens is 3. The van der Waals surface area contributed by atoms with E-state index in [1.807, 2.05) is 6.07 Å². The van der Waals surface area contributed by atoms with E-state index < -0.39 is 0 Å². The van der Waals surface area contributed by atoms with Gasteiger partial charge in [0.1, 0.15) is 11.5 Å². The lowest BCUT2D eigenvalue weighted by Crippen LogP contribution is -1.82. The molecule has 0 saturated heterocycles. The Morgan fingerprint density at radius 1 is 1.17 bits per heavy atom. The highest BCUT2D eigenvalue weighted by Gasteiger charge is 2.12. The molecule has 3 aromatic rings. The Labute approximate surface area is 112 Å². The van der Waals surface area contributed by atoms with E-state index in [2.05, 4.69) is 9.97 Å². The third-order valence-corrected chi connectivity index (χ3v) is 3.56. The number of benzene rings is 1. The summed E-state index contributed by atoms with van der Waals surface area (Å²) in [6.45, 7) is 0. The predicted molar refractivity (Wildman–Crippen MR) is 71.5 cm³/mol. The van der Waals surface area contributed by atoms with Gasteiger partial charge in [0.2, 0.25) is 0 Å². The van der Waals surface area contributed by atoms with Crippen LogP contribution in [0.25, 0.3) is 22.2 Å². The van der Waals surface area contributed by atoms with Gasteiger partial charge >= 0.3 is 0 Å². The van der Waals surface area contributed by atoms with E-state index >= 15 is 0 Å². The maximum absolute atomic E-state index is 13.3. The molecule has 0 spiro atoms. The van der Waals surface area contributed by atoms with Gasteiger partial charge in [0.15, 0.2) is 0 Å². The van der Waals surface area contributed by atoms with Crippen LogP contribution in [-0.2, 0) is 0 Å². The predicted octanol–water partition coefficient (Wildman–Crippen LogP) is 4.68. The number of hydrogen-bond donors (Lipinski definition) is 1. The van der Waals surface area contributed by atoms with Gasteiger partial charge in [-0.1, -0.05) is 35.3 Å². The van der Waals surface area contributed by atoms with Gasteiger partial charge < -0.3 is 4.98 Å². The minimum absolute atomic E-state index is 0.387. The molecule has 1 aromatic carbocycles. The van der Waals surface area contributed by atoms with Gasteiger partial charge in [-0.15, -0.1) is 0 Å². The molecule has 0 aliphatic carbocycles. The molecule has 0 aliphatic rings.